The van der Waals surface area contributed by atoms with Gasteiger partial charge in [0.15, 0.2) is 5.82 Å². The Bertz CT molecular complexity index is 975. The maximum Gasteiger partial charge on any atom is 0.174 e. The number of aryl methyl sites for hydroxylation is 1. The first-order valence-electron chi connectivity index (χ1n) is 10.5. The number of aromatic nitrogens is 4. The maximum absolute atomic E-state index is 6.26. The summed E-state index contributed by atoms with van der Waals surface area (Å²) in [4.78, 5) is 6.23. The van der Waals surface area contributed by atoms with Crippen LogP contribution in [0.1, 0.15) is 49.5 Å². The van der Waals surface area contributed by atoms with E-state index in [0.717, 1.165) is 43.4 Å². The van der Waals surface area contributed by atoms with Crippen molar-refractivity contribution in [3.63, 3.8) is 0 Å². The van der Waals surface area contributed by atoms with Gasteiger partial charge in [-0.25, -0.2) is 4.68 Å². The van der Waals surface area contributed by atoms with Crippen LogP contribution in [-0.2, 0) is 5.54 Å². The number of piperazine rings is 1. The summed E-state index contributed by atoms with van der Waals surface area (Å²) in [5, 5.41) is 15.9. The van der Waals surface area contributed by atoms with E-state index >= 15 is 0 Å². The van der Waals surface area contributed by atoms with E-state index in [1.54, 1.807) is 11.3 Å². The highest BCUT2D eigenvalue weighted by atomic mass is 35.5. The molecule has 1 aromatic carbocycles. The molecule has 0 amide bonds. The van der Waals surface area contributed by atoms with Gasteiger partial charge >= 0.3 is 0 Å². The van der Waals surface area contributed by atoms with E-state index in [1.807, 2.05) is 10.7 Å². The summed E-state index contributed by atoms with van der Waals surface area (Å²) in [6, 6.07) is 10.5. The smallest absolute Gasteiger partial charge is 0.174 e. The van der Waals surface area contributed by atoms with E-state index in [2.05, 4.69) is 82.7 Å². The van der Waals surface area contributed by atoms with Crippen LogP contribution in [0.15, 0.2) is 35.7 Å². The molecule has 1 aliphatic heterocycles. The molecule has 0 saturated carbocycles. The summed E-state index contributed by atoms with van der Waals surface area (Å²) >= 11 is 8.03. The minimum Gasteiger partial charge on any atom is -0.369 e. The van der Waals surface area contributed by atoms with E-state index < -0.39 is 0 Å². The average molecular weight is 445 g/mol. The molecule has 1 aliphatic rings. The molecule has 0 radical (unpaired) electrons. The van der Waals surface area contributed by atoms with Gasteiger partial charge in [0.05, 0.1) is 5.54 Å². The van der Waals surface area contributed by atoms with Gasteiger partial charge in [0.2, 0.25) is 0 Å². The van der Waals surface area contributed by atoms with Gasteiger partial charge in [-0.15, -0.1) is 16.4 Å². The van der Waals surface area contributed by atoms with Crippen LogP contribution in [0.25, 0.3) is 0 Å². The van der Waals surface area contributed by atoms with Crippen molar-refractivity contribution in [2.45, 2.75) is 45.7 Å². The predicted molar refractivity (Wildman–Crippen MR) is 124 cm³/mol. The third-order valence-electron chi connectivity index (χ3n) is 6.18. The third kappa shape index (κ3) is 4.11. The van der Waals surface area contributed by atoms with Crippen molar-refractivity contribution >= 4 is 28.6 Å². The fraction of sp³-hybridized carbons (Fsp3) is 0.500. The highest BCUT2D eigenvalue weighted by Crippen LogP contribution is 2.34. The fourth-order valence-corrected chi connectivity index (χ4v) is 5.03. The fourth-order valence-electron chi connectivity index (χ4n) is 4.01. The van der Waals surface area contributed by atoms with Crippen LogP contribution in [0.4, 0.5) is 5.69 Å². The largest absolute Gasteiger partial charge is 0.369 e. The molecule has 160 valence electrons. The first-order valence-corrected chi connectivity index (χ1v) is 11.7. The second-order valence-corrected chi connectivity index (χ2v) is 9.90. The summed E-state index contributed by atoms with van der Waals surface area (Å²) in [7, 11) is 0. The lowest BCUT2D eigenvalue weighted by molar-refractivity contribution is 0.189. The van der Waals surface area contributed by atoms with Crippen molar-refractivity contribution in [1.82, 2.24) is 25.1 Å². The number of hydrogen-bond acceptors (Lipinski definition) is 6. The molecule has 4 rings (SSSR count). The quantitative estimate of drug-likeness (QED) is 0.549. The lowest BCUT2D eigenvalue weighted by atomic mass is 10.0. The van der Waals surface area contributed by atoms with Gasteiger partial charge in [0, 0.05) is 41.8 Å². The molecule has 0 unspecified atom stereocenters. The Morgan fingerprint density at radius 3 is 2.60 bits per heavy atom. The highest BCUT2D eigenvalue weighted by Gasteiger charge is 2.34. The molecule has 0 N–H and O–H groups in total. The van der Waals surface area contributed by atoms with Crippen LogP contribution in [0.2, 0.25) is 5.02 Å². The Hall–Kier alpha value is -1.96. The molecule has 1 atom stereocenters. The molecule has 2 aromatic heterocycles. The first-order chi connectivity index (χ1) is 14.4. The number of anilines is 1. The van der Waals surface area contributed by atoms with Crippen LogP contribution < -0.4 is 4.90 Å². The second-order valence-electron chi connectivity index (χ2n) is 8.49. The molecule has 0 spiro atoms. The minimum absolute atomic E-state index is 0.0634. The van der Waals surface area contributed by atoms with Crippen LogP contribution in [0, 0.1) is 6.92 Å². The molecule has 0 bridgehead atoms. The van der Waals surface area contributed by atoms with Gasteiger partial charge in [-0.3, -0.25) is 4.90 Å². The van der Waals surface area contributed by atoms with Crippen LogP contribution in [0.5, 0.6) is 0 Å². The molecule has 8 heteroatoms. The van der Waals surface area contributed by atoms with Gasteiger partial charge in [-0.1, -0.05) is 30.7 Å². The van der Waals surface area contributed by atoms with Crippen molar-refractivity contribution in [2.24, 2.45) is 0 Å². The van der Waals surface area contributed by atoms with Crippen molar-refractivity contribution in [1.29, 1.82) is 0 Å². The Morgan fingerprint density at radius 2 is 1.93 bits per heavy atom. The lowest BCUT2D eigenvalue weighted by Gasteiger charge is -2.40. The zero-order chi connectivity index (χ0) is 21.3. The van der Waals surface area contributed by atoms with Gasteiger partial charge in [-0.05, 0) is 66.8 Å². The highest BCUT2D eigenvalue weighted by molar-refractivity contribution is 7.10. The summed E-state index contributed by atoms with van der Waals surface area (Å²) in [6.45, 7) is 12.5. The standard InChI is InChI=1S/C22H29ClN6S/c1-5-22(3,4)29-21(24-25-26-29)20(19-7-6-14-30-19)28-12-10-27(11-13-28)18-15-17(23)9-8-16(18)2/h6-9,14-15,20H,5,10-13H2,1-4H3/t20-/m1/s1. The van der Waals surface area contributed by atoms with Crippen molar-refractivity contribution in [3.05, 3.63) is 57.0 Å². The van der Waals surface area contributed by atoms with Crippen LogP contribution in [0.3, 0.4) is 0 Å². The maximum atomic E-state index is 6.26. The summed E-state index contributed by atoms with van der Waals surface area (Å²) in [5.41, 5.74) is 2.36. The average Bonchev–Trinajstić information content (AvgIpc) is 3.44. The molecule has 1 saturated heterocycles. The molecule has 0 aliphatic carbocycles. The predicted octanol–water partition coefficient (Wildman–Crippen LogP) is 4.75. The molecule has 1 fully saturated rings. The molecule has 3 aromatic rings. The SMILES string of the molecule is CCC(C)(C)n1nnnc1[C@@H](c1cccs1)N1CCN(c2cc(Cl)ccc2C)CC1. The number of thiophene rings is 1. The van der Waals surface area contributed by atoms with Gasteiger partial charge in [-0.2, -0.15) is 0 Å². The van der Waals surface area contributed by atoms with Crippen LogP contribution in [-0.4, -0.2) is 51.3 Å². The third-order valence-corrected chi connectivity index (χ3v) is 7.34. The molecule has 3 heterocycles. The Labute approximate surface area is 187 Å². The normalized spacial score (nSPS) is 16.8. The number of rotatable bonds is 6. The van der Waals surface area contributed by atoms with Crippen molar-refractivity contribution < 1.29 is 0 Å². The summed E-state index contributed by atoms with van der Waals surface area (Å²) in [6.07, 6.45) is 0.962. The zero-order valence-electron chi connectivity index (χ0n) is 18.0. The topological polar surface area (TPSA) is 50.1 Å². The van der Waals surface area contributed by atoms with E-state index in [4.69, 9.17) is 11.6 Å². The molecular formula is C22H29ClN6S. The van der Waals surface area contributed by atoms with Gasteiger partial charge in [0.25, 0.3) is 0 Å². The monoisotopic (exact) mass is 444 g/mol. The van der Waals surface area contributed by atoms with E-state index in [9.17, 15) is 0 Å². The first kappa shape index (κ1) is 21.3. The number of benzene rings is 1. The van der Waals surface area contributed by atoms with Crippen molar-refractivity contribution in [2.75, 3.05) is 31.1 Å². The molecular weight excluding hydrogens is 416 g/mol. The molecule has 6 nitrogen and oxygen atoms in total. The number of nitrogens with zero attached hydrogens (tertiary/aromatic N) is 6. The lowest BCUT2D eigenvalue weighted by Crippen LogP contribution is -2.49. The van der Waals surface area contributed by atoms with E-state index in [0.29, 0.717) is 0 Å². The Kier molecular flexibility index (Phi) is 6.14. The number of hydrogen-bond donors (Lipinski definition) is 0. The summed E-state index contributed by atoms with van der Waals surface area (Å²) < 4.78 is 2.02. The number of halogens is 1. The van der Waals surface area contributed by atoms with Crippen molar-refractivity contribution in [3.8, 4) is 0 Å². The minimum atomic E-state index is -0.131. The van der Waals surface area contributed by atoms with Crippen LogP contribution >= 0.6 is 22.9 Å². The molecule has 30 heavy (non-hydrogen) atoms. The van der Waals surface area contributed by atoms with E-state index in [-0.39, 0.29) is 11.6 Å². The second kappa shape index (κ2) is 8.65. The summed E-state index contributed by atoms with van der Waals surface area (Å²) in [5.74, 6) is 0.927. The van der Waals surface area contributed by atoms with Gasteiger partial charge in [0.1, 0.15) is 6.04 Å². The Balaban J connectivity index is 1.61. The zero-order valence-corrected chi connectivity index (χ0v) is 19.6. The number of tetrazole rings is 1. The van der Waals surface area contributed by atoms with Gasteiger partial charge < -0.3 is 4.90 Å². The Morgan fingerprint density at radius 1 is 1.17 bits per heavy atom. The van der Waals surface area contributed by atoms with E-state index in [1.165, 1.54) is 16.1 Å².